The fraction of sp³-hybridized carbons (Fsp3) is 0.182. The monoisotopic (exact) mass is 211 g/mol. The van der Waals surface area contributed by atoms with Crippen molar-refractivity contribution in [1.29, 1.82) is 0 Å². The fourth-order valence-corrected chi connectivity index (χ4v) is 1.40. The van der Waals surface area contributed by atoms with Gasteiger partial charge in [-0.2, -0.15) is 13.2 Å². The maximum atomic E-state index is 12.6. The molecule has 1 atom stereocenters. The first-order valence-corrected chi connectivity index (χ1v) is 4.36. The Kier molecular flexibility index (Phi) is 1.96. The lowest BCUT2D eigenvalue weighted by Crippen LogP contribution is -2.31. The van der Waals surface area contributed by atoms with Crippen LogP contribution in [0.4, 0.5) is 13.2 Å². The highest BCUT2D eigenvalue weighted by Crippen LogP contribution is 2.47. The van der Waals surface area contributed by atoms with Crippen molar-refractivity contribution in [1.82, 2.24) is 0 Å². The highest BCUT2D eigenvalue weighted by Gasteiger charge is 2.61. The molecule has 2 rings (SSSR count). The van der Waals surface area contributed by atoms with Crippen molar-refractivity contribution in [2.24, 2.45) is 4.99 Å². The maximum absolute atomic E-state index is 12.6. The van der Waals surface area contributed by atoms with E-state index < -0.39 is 11.7 Å². The summed E-state index contributed by atoms with van der Waals surface area (Å²) in [5.74, 6) is 0. The molecule has 15 heavy (non-hydrogen) atoms. The van der Waals surface area contributed by atoms with E-state index in [9.17, 15) is 13.2 Å². The molecule has 0 saturated carbocycles. The number of aliphatic imine (C=N–C) groups is 1. The molecule has 0 radical (unpaired) electrons. The minimum absolute atomic E-state index is 0.153. The van der Waals surface area contributed by atoms with Crippen LogP contribution in [0, 0.1) is 0 Å². The Hall–Kier alpha value is -1.58. The van der Waals surface area contributed by atoms with Crippen LogP contribution in [0.1, 0.15) is 11.1 Å². The van der Waals surface area contributed by atoms with Gasteiger partial charge in [0.25, 0.3) is 0 Å². The second kappa shape index (κ2) is 2.95. The second-order valence-corrected chi connectivity index (χ2v) is 3.35. The summed E-state index contributed by atoms with van der Waals surface area (Å²) in [6.45, 7) is 3.53. The number of rotatable bonds is 2. The summed E-state index contributed by atoms with van der Waals surface area (Å²) in [7, 11) is 0. The molecule has 0 aliphatic carbocycles. The van der Waals surface area contributed by atoms with Crippen molar-refractivity contribution in [2.45, 2.75) is 11.7 Å². The van der Waals surface area contributed by atoms with E-state index in [1.165, 1.54) is 12.1 Å². The zero-order chi connectivity index (χ0) is 11.1. The highest BCUT2D eigenvalue weighted by molar-refractivity contribution is 5.87. The summed E-state index contributed by atoms with van der Waals surface area (Å²) in [5, 5.41) is 0. The smallest absolute Gasteiger partial charge is 0.267 e. The number of nitrogens with zero attached hydrogens (tertiary/aromatic N) is 1. The van der Waals surface area contributed by atoms with Crippen LogP contribution in [0.2, 0.25) is 0 Å². The van der Waals surface area contributed by atoms with Gasteiger partial charge in [0.2, 0.25) is 5.54 Å². The lowest BCUT2D eigenvalue weighted by atomic mass is 9.96. The molecule has 1 aromatic carbocycles. The molecule has 0 N–H and O–H groups in total. The summed E-state index contributed by atoms with van der Waals surface area (Å²) in [6, 6.07) is 6.05. The van der Waals surface area contributed by atoms with Crippen LogP contribution >= 0.6 is 0 Å². The van der Waals surface area contributed by atoms with Crippen LogP contribution in [0.15, 0.2) is 35.8 Å². The number of benzene rings is 1. The van der Waals surface area contributed by atoms with Crippen LogP contribution in [0.25, 0.3) is 6.08 Å². The van der Waals surface area contributed by atoms with Gasteiger partial charge < -0.3 is 0 Å². The van der Waals surface area contributed by atoms with Crippen molar-refractivity contribution in [3.05, 3.63) is 42.0 Å². The van der Waals surface area contributed by atoms with Gasteiger partial charge in [-0.3, -0.25) is 4.99 Å². The Morgan fingerprint density at radius 2 is 1.73 bits per heavy atom. The molecular weight excluding hydrogens is 203 g/mol. The van der Waals surface area contributed by atoms with E-state index in [4.69, 9.17) is 0 Å². The molecule has 1 aromatic rings. The minimum atomic E-state index is -4.34. The van der Waals surface area contributed by atoms with Crippen LogP contribution < -0.4 is 0 Å². The molecule has 0 spiro atoms. The molecule has 78 valence electrons. The van der Waals surface area contributed by atoms with Gasteiger partial charge in [-0.15, -0.1) is 0 Å². The Bertz CT molecular complexity index is 408. The van der Waals surface area contributed by atoms with E-state index in [1.807, 2.05) is 0 Å². The Labute approximate surface area is 85.0 Å². The first-order valence-electron chi connectivity index (χ1n) is 4.36. The van der Waals surface area contributed by atoms with Crippen molar-refractivity contribution in [3.63, 3.8) is 0 Å². The van der Waals surface area contributed by atoms with E-state index in [0.717, 1.165) is 11.8 Å². The molecule has 0 saturated heterocycles. The number of alkyl halides is 3. The minimum Gasteiger partial charge on any atom is -0.267 e. The van der Waals surface area contributed by atoms with Gasteiger partial charge >= 0.3 is 6.18 Å². The molecule has 0 aromatic heterocycles. The molecule has 1 aliphatic heterocycles. The molecule has 0 amide bonds. The van der Waals surface area contributed by atoms with Crippen LogP contribution in [-0.2, 0) is 5.54 Å². The van der Waals surface area contributed by atoms with E-state index in [0.29, 0.717) is 0 Å². The fourth-order valence-electron chi connectivity index (χ4n) is 1.40. The van der Waals surface area contributed by atoms with E-state index in [1.54, 1.807) is 18.2 Å². The molecule has 1 aliphatic rings. The van der Waals surface area contributed by atoms with E-state index >= 15 is 0 Å². The average molecular weight is 211 g/mol. The summed E-state index contributed by atoms with van der Waals surface area (Å²) >= 11 is 0. The zero-order valence-electron chi connectivity index (χ0n) is 7.75. The molecule has 0 bridgehead atoms. The summed E-state index contributed by atoms with van der Waals surface area (Å²) < 4.78 is 37.9. The van der Waals surface area contributed by atoms with Crippen molar-refractivity contribution in [3.8, 4) is 0 Å². The normalized spacial score (nSPS) is 23.9. The average Bonchev–Trinajstić information content (AvgIpc) is 2.98. The molecular formula is C11H8F3N. The number of hydrogen-bond acceptors (Lipinski definition) is 1. The topological polar surface area (TPSA) is 12.4 Å². The van der Waals surface area contributed by atoms with Gasteiger partial charge in [-0.1, -0.05) is 36.9 Å². The Balaban J connectivity index is 2.35. The first-order chi connectivity index (χ1) is 6.99. The predicted molar refractivity (Wildman–Crippen MR) is 52.8 cm³/mol. The van der Waals surface area contributed by atoms with Gasteiger partial charge in [0.1, 0.15) is 0 Å². The maximum Gasteiger partial charge on any atom is 0.422 e. The molecule has 4 heteroatoms. The van der Waals surface area contributed by atoms with Gasteiger partial charge in [0.05, 0.1) is 0 Å². The second-order valence-electron chi connectivity index (χ2n) is 3.35. The summed E-state index contributed by atoms with van der Waals surface area (Å²) in [5.41, 5.74) is -1.12. The highest BCUT2D eigenvalue weighted by atomic mass is 19.4. The largest absolute Gasteiger partial charge is 0.422 e. The van der Waals surface area contributed by atoms with Gasteiger partial charge in [0, 0.05) is 6.21 Å². The lowest BCUT2D eigenvalue weighted by Gasteiger charge is -2.17. The first kappa shape index (κ1) is 9.96. The molecule has 1 nitrogen and oxygen atoms in total. The quantitative estimate of drug-likeness (QED) is 0.712. The van der Waals surface area contributed by atoms with Gasteiger partial charge in [0.15, 0.2) is 0 Å². The van der Waals surface area contributed by atoms with Crippen LogP contribution in [0.5, 0.6) is 0 Å². The summed E-state index contributed by atoms with van der Waals surface area (Å²) in [4.78, 5) is 3.36. The molecule has 0 fully saturated rings. The van der Waals surface area contributed by atoms with Crippen LogP contribution in [0.3, 0.4) is 0 Å². The standard InChI is InChI=1S/C11H8F3N/c1-2-8-3-5-9(6-4-8)10(7-15-10)11(12,13)14/h2-7H,1H2. The molecule has 1 heterocycles. The predicted octanol–water partition coefficient (Wildman–Crippen LogP) is 3.17. The molecule has 1 unspecified atom stereocenters. The number of halogens is 3. The third kappa shape index (κ3) is 1.46. The zero-order valence-corrected chi connectivity index (χ0v) is 7.75. The number of hydrogen-bond donors (Lipinski definition) is 0. The lowest BCUT2D eigenvalue weighted by molar-refractivity contribution is -0.156. The Morgan fingerprint density at radius 1 is 1.20 bits per heavy atom. The third-order valence-corrected chi connectivity index (χ3v) is 2.41. The van der Waals surface area contributed by atoms with Gasteiger partial charge in [-0.05, 0) is 11.1 Å². The SMILES string of the molecule is C=Cc1ccc(C2(C(F)(F)F)C=N2)cc1. The van der Waals surface area contributed by atoms with E-state index in [-0.39, 0.29) is 5.56 Å². The van der Waals surface area contributed by atoms with Crippen molar-refractivity contribution < 1.29 is 13.2 Å². The summed E-state index contributed by atoms with van der Waals surface area (Å²) in [6.07, 6.45) is -1.84. The van der Waals surface area contributed by atoms with E-state index in [2.05, 4.69) is 11.6 Å². The van der Waals surface area contributed by atoms with Gasteiger partial charge in [-0.25, -0.2) is 0 Å². The van der Waals surface area contributed by atoms with Crippen molar-refractivity contribution >= 4 is 12.3 Å². The van der Waals surface area contributed by atoms with Crippen LogP contribution in [-0.4, -0.2) is 12.4 Å². The third-order valence-electron chi connectivity index (χ3n) is 2.41. The van der Waals surface area contributed by atoms with Crippen molar-refractivity contribution in [2.75, 3.05) is 0 Å². The Morgan fingerprint density at radius 3 is 2.07 bits per heavy atom.